The van der Waals surface area contributed by atoms with Crippen molar-refractivity contribution in [3.8, 4) is 0 Å². The van der Waals surface area contributed by atoms with Crippen molar-refractivity contribution in [3.05, 3.63) is 0 Å². The Labute approximate surface area is 71.5 Å². The van der Waals surface area contributed by atoms with Crippen LogP contribution in [-0.2, 0) is 9.05 Å². The molecule has 0 aliphatic heterocycles. The topological polar surface area (TPSA) is 38.7 Å². The van der Waals surface area contributed by atoms with Gasteiger partial charge in [-0.05, 0) is 13.3 Å². The summed E-state index contributed by atoms with van der Waals surface area (Å²) in [5.41, 5.74) is -0.727. The fourth-order valence-electron chi connectivity index (χ4n) is 0.357. The van der Waals surface area contributed by atoms with Crippen molar-refractivity contribution in [2.75, 3.05) is 13.7 Å². The van der Waals surface area contributed by atoms with Gasteiger partial charge >= 0.3 is 0 Å². The molecule has 1 N–H and O–H groups in total. The van der Waals surface area contributed by atoms with E-state index in [0.29, 0.717) is 13.0 Å². The van der Waals surface area contributed by atoms with Crippen LogP contribution in [0.2, 0.25) is 0 Å². The summed E-state index contributed by atoms with van der Waals surface area (Å²) in [6, 6.07) is 0. The van der Waals surface area contributed by atoms with Gasteiger partial charge in [-0.15, -0.1) is 0 Å². The maximum Gasteiger partial charge on any atom is 0.188 e. The summed E-state index contributed by atoms with van der Waals surface area (Å²) in [6.45, 7) is 3.99. The van der Waals surface area contributed by atoms with Crippen LogP contribution >= 0.6 is 17.0 Å². The van der Waals surface area contributed by atoms with E-state index in [1.54, 1.807) is 14.0 Å². The first-order valence-corrected chi connectivity index (χ1v) is 6.25. The SMILES string of the molecule is CCC(C)(O)COP(P)OC. The van der Waals surface area contributed by atoms with E-state index >= 15 is 0 Å². The van der Waals surface area contributed by atoms with Crippen LogP contribution in [0.3, 0.4) is 0 Å². The molecule has 3 atom stereocenters. The lowest BCUT2D eigenvalue weighted by molar-refractivity contribution is 0.00956. The van der Waals surface area contributed by atoms with Gasteiger partial charge in [0.1, 0.15) is 0 Å². The van der Waals surface area contributed by atoms with Crippen molar-refractivity contribution in [1.29, 1.82) is 0 Å². The van der Waals surface area contributed by atoms with Gasteiger partial charge in [0.15, 0.2) is 8.06 Å². The van der Waals surface area contributed by atoms with Gasteiger partial charge in [0.05, 0.1) is 12.2 Å². The van der Waals surface area contributed by atoms with Crippen LogP contribution in [0.15, 0.2) is 0 Å². The second-order valence-corrected chi connectivity index (χ2v) is 5.05. The molecule has 3 unspecified atom stereocenters. The minimum absolute atomic E-state index is 0.326. The molecule has 0 aliphatic rings. The zero-order chi connectivity index (χ0) is 8.91. The minimum Gasteiger partial charge on any atom is -0.388 e. The lowest BCUT2D eigenvalue weighted by atomic mass is 10.1. The minimum atomic E-state index is -0.892. The molecule has 3 nitrogen and oxygen atoms in total. The molecule has 0 saturated carbocycles. The van der Waals surface area contributed by atoms with E-state index < -0.39 is 13.7 Å². The lowest BCUT2D eigenvalue weighted by Gasteiger charge is -2.22. The molecule has 0 aromatic rings. The monoisotopic (exact) mass is 198 g/mol. The fraction of sp³-hybridized carbons (Fsp3) is 1.00. The average Bonchev–Trinajstić information content (AvgIpc) is 2.00. The van der Waals surface area contributed by atoms with E-state index in [0.717, 1.165) is 0 Å². The summed E-state index contributed by atoms with van der Waals surface area (Å²) in [6.07, 6.45) is 0.685. The Hall–Kier alpha value is 0.740. The van der Waals surface area contributed by atoms with Crippen molar-refractivity contribution in [1.82, 2.24) is 0 Å². The molecule has 0 heterocycles. The van der Waals surface area contributed by atoms with Crippen molar-refractivity contribution in [2.24, 2.45) is 0 Å². The molecule has 0 rings (SSSR count). The summed E-state index contributed by atoms with van der Waals surface area (Å²) in [5.74, 6) is 0. The maximum atomic E-state index is 9.49. The van der Waals surface area contributed by atoms with Gasteiger partial charge in [0.2, 0.25) is 0 Å². The number of hydrogen-bond acceptors (Lipinski definition) is 3. The number of rotatable bonds is 5. The van der Waals surface area contributed by atoms with Gasteiger partial charge in [-0.3, -0.25) is 0 Å². The van der Waals surface area contributed by atoms with Crippen LogP contribution in [0, 0.1) is 0 Å². The average molecular weight is 198 g/mol. The molecule has 0 aliphatic carbocycles. The third kappa shape index (κ3) is 5.95. The molecule has 0 aromatic heterocycles. The Kier molecular flexibility index (Phi) is 5.76. The predicted octanol–water partition coefficient (Wildman–Crippen LogP) is 1.91. The first kappa shape index (κ1) is 11.7. The fourth-order valence-corrected chi connectivity index (χ4v) is 1.09. The molecule has 0 aromatic carbocycles. The van der Waals surface area contributed by atoms with Gasteiger partial charge in [0.25, 0.3) is 0 Å². The Morgan fingerprint density at radius 2 is 2.18 bits per heavy atom. The first-order valence-electron chi connectivity index (χ1n) is 3.46. The summed E-state index contributed by atoms with van der Waals surface area (Å²) >= 11 is 0. The summed E-state index contributed by atoms with van der Waals surface area (Å²) in [4.78, 5) is 0. The van der Waals surface area contributed by atoms with Gasteiger partial charge in [-0.2, -0.15) is 0 Å². The van der Waals surface area contributed by atoms with Gasteiger partial charge < -0.3 is 14.2 Å². The number of hydrogen-bond donors (Lipinski definition) is 1. The molecule has 0 spiro atoms. The van der Waals surface area contributed by atoms with Crippen molar-refractivity contribution in [2.45, 2.75) is 25.9 Å². The van der Waals surface area contributed by atoms with Crippen LogP contribution < -0.4 is 0 Å². The molecular weight excluding hydrogens is 182 g/mol. The smallest absolute Gasteiger partial charge is 0.188 e. The maximum absolute atomic E-state index is 9.49. The molecule has 11 heavy (non-hydrogen) atoms. The zero-order valence-corrected chi connectivity index (χ0v) is 9.25. The summed E-state index contributed by atoms with van der Waals surface area (Å²) in [5, 5.41) is 9.49. The van der Waals surface area contributed by atoms with E-state index in [1.165, 1.54) is 0 Å². The Bertz CT molecular complexity index is 108. The van der Waals surface area contributed by atoms with E-state index in [9.17, 15) is 5.11 Å². The lowest BCUT2D eigenvalue weighted by Crippen LogP contribution is -2.28. The Morgan fingerprint density at radius 1 is 1.64 bits per heavy atom. The molecule has 5 heteroatoms. The van der Waals surface area contributed by atoms with Crippen LogP contribution in [0.4, 0.5) is 0 Å². The first-order chi connectivity index (χ1) is 5.02. The molecule has 0 bridgehead atoms. The molecule has 0 amide bonds. The Balaban J connectivity index is 3.52. The van der Waals surface area contributed by atoms with Crippen LogP contribution in [0.25, 0.3) is 0 Å². The van der Waals surface area contributed by atoms with Gasteiger partial charge in [0, 0.05) is 7.11 Å². The molecule has 0 saturated heterocycles. The number of aliphatic hydroxyl groups is 1. The molecular formula is C6H16O3P2. The van der Waals surface area contributed by atoms with Crippen LogP contribution in [0.1, 0.15) is 20.3 Å². The van der Waals surface area contributed by atoms with Crippen molar-refractivity contribution >= 4 is 17.0 Å². The van der Waals surface area contributed by atoms with Crippen molar-refractivity contribution < 1.29 is 14.2 Å². The van der Waals surface area contributed by atoms with Gasteiger partial charge in [-0.1, -0.05) is 15.9 Å². The summed E-state index contributed by atoms with van der Waals surface area (Å²) in [7, 11) is 3.13. The van der Waals surface area contributed by atoms with E-state index in [-0.39, 0.29) is 0 Å². The molecule has 68 valence electrons. The van der Waals surface area contributed by atoms with E-state index in [1.807, 2.05) is 6.92 Å². The standard InChI is InChI=1S/C6H16O3P2/c1-4-6(2,7)5-9-11(10)8-3/h7H,4-5,10H2,1-3H3. The van der Waals surface area contributed by atoms with Crippen LogP contribution in [-0.4, -0.2) is 24.4 Å². The largest absolute Gasteiger partial charge is 0.388 e. The van der Waals surface area contributed by atoms with E-state index in [2.05, 4.69) is 8.93 Å². The second-order valence-electron chi connectivity index (χ2n) is 2.59. The molecule has 0 fully saturated rings. The van der Waals surface area contributed by atoms with E-state index in [4.69, 9.17) is 9.05 Å². The second kappa shape index (κ2) is 5.40. The summed E-state index contributed by atoms with van der Waals surface area (Å²) < 4.78 is 10.1. The quantitative estimate of drug-likeness (QED) is 0.686. The third-order valence-electron chi connectivity index (χ3n) is 1.44. The highest BCUT2D eigenvalue weighted by Crippen LogP contribution is 2.46. The van der Waals surface area contributed by atoms with Crippen molar-refractivity contribution in [3.63, 3.8) is 0 Å². The highest BCUT2D eigenvalue weighted by molar-refractivity contribution is 8.08. The highest BCUT2D eigenvalue weighted by Gasteiger charge is 2.19. The Morgan fingerprint density at radius 3 is 2.55 bits per heavy atom. The predicted molar refractivity (Wildman–Crippen MR) is 50.5 cm³/mol. The van der Waals surface area contributed by atoms with Crippen LogP contribution in [0.5, 0.6) is 0 Å². The molecule has 0 radical (unpaired) electrons. The van der Waals surface area contributed by atoms with Gasteiger partial charge in [-0.25, -0.2) is 0 Å². The highest BCUT2D eigenvalue weighted by atomic mass is 32.0. The zero-order valence-electron chi connectivity index (χ0n) is 7.20. The third-order valence-corrected chi connectivity index (χ3v) is 3.27. The normalized spacial score (nSPS) is 19.4.